The number of hydrogen-bond acceptors (Lipinski definition) is 4. The third kappa shape index (κ3) is 3.54. The molecule has 6 nitrogen and oxygen atoms in total. The van der Waals surface area contributed by atoms with Crippen molar-refractivity contribution in [2.45, 2.75) is 50.0 Å². The van der Waals surface area contributed by atoms with Crippen LogP contribution in [0.5, 0.6) is 0 Å². The van der Waals surface area contributed by atoms with Gasteiger partial charge in [0.1, 0.15) is 0 Å². The van der Waals surface area contributed by atoms with E-state index < -0.39 is 5.41 Å². The van der Waals surface area contributed by atoms with E-state index in [0.29, 0.717) is 18.4 Å². The van der Waals surface area contributed by atoms with Gasteiger partial charge in [0, 0.05) is 50.3 Å². The Morgan fingerprint density at radius 2 is 1.87 bits per heavy atom. The highest BCUT2D eigenvalue weighted by Crippen LogP contribution is 2.43. The second kappa shape index (κ2) is 7.91. The van der Waals surface area contributed by atoms with Gasteiger partial charge < -0.3 is 4.90 Å². The number of pyridine rings is 1. The van der Waals surface area contributed by atoms with Crippen molar-refractivity contribution in [3.63, 3.8) is 0 Å². The third-order valence-corrected chi connectivity index (χ3v) is 7.24. The first kappa shape index (κ1) is 19.9. The van der Waals surface area contributed by atoms with E-state index in [1.54, 1.807) is 6.20 Å². The molecule has 6 heteroatoms. The van der Waals surface area contributed by atoms with Crippen molar-refractivity contribution >= 4 is 17.7 Å². The number of benzene rings is 1. The Kier molecular flexibility index (Phi) is 5.08. The molecule has 1 aliphatic carbocycles. The highest BCUT2D eigenvalue weighted by atomic mass is 16.2. The molecule has 2 aromatic rings. The Balaban J connectivity index is 1.40. The summed E-state index contributed by atoms with van der Waals surface area (Å²) in [6, 6.07) is 15.3. The average Bonchev–Trinajstić information content (AvgIpc) is 3.49. The lowest BCUT2D eigenvalue weighted by atomic mass is 9.75. The fraction of sp³-hybridized carbons (Fsp3) is 0.440. The molecule has 2 saturated heterocycles. The van der Waals surface area contributed by atoms with Crippen LogP contribution in [-0.4, -0.2) is 51.6 Å². The summed E-state index contributed by atoms with van der Waals surface area (Å²) in [5.41, 5.74) is 0.484. The predicted molar refractivity (Wildman–Crippen MR) is 115 cm³/mol. The quantitative estimate of drug-likeness (QED) is 0.678. The summed E-state index contributed by atoms with van der Waals surface area (Å²) in [6.45, 7) is 1.08. The van der Waals surface area contributed by atoms with Gasteiger partial charge in [-0.05, 0) is 42.9 Å². The molecular weight excluding hydrogens is 390 g/mol. The minimum absolute atomic E-state index is 0.00350. The summed E-state index contributed by atoms with van der Waals surface area (Å²) < 4.78 is 0. The fourth-order valence-electron chi connectivity index (χ4n) is 5.61. The van der Waals surface area contributed by atoms with E-state index in [9.17, 15) is 14.4 Å². The molecule has 5 rings (SSSR count). The van der Waals surface area contributed by atoms with E-state index in [1.165, 1.54) is 11.3 Å². The minimum Gasteiger partial charge on any atom is -0.339 e. The molecule has 2 bridgehead atoms. The van der Waals surface area contributed by atoms with Gasteiger partial charge in [-0.15, -0.1) is 0 Å². The molecule has 3 amide bonds. The summed E-state index contributed by atoms with van der Waals surface area (Å²) >= 11 is 0. The largest absolute Gasteiger partial charge is 0.339 e. The summed E-state index contributed by atoms with van der Waals surface area (Å²) in [5, 5.41) is 0. The topological polar surface area (TPSA) is 70.6 Å². The molecule has 0 N–H and O–H groups in total. The highest BCUT2D eigenvalue weighted by molar-refractivity contribution is 6.10. The van der Waals surface area contributed by atoms with Gasteiger partial charge in [-0.3, -0.25) is 24.3 Å². The van der Waals surface area contributed by atoms with Crippen LogP contribution in [0.25, 0.3) is 0 Å². The zero-order valence-corrected chi connectivity index (χ0v) is 17.6. The minimum atomic E-state index is -1.11. The molecule has 0 radical (unpaired) electrons. The van der Waals surface area contributed by atoms with Gasteiger partial charge in [0.15, 0.2) is 0 Å². The van der Waals surface area contributed by atoms with Gasteiger partial charge in [-0.1, -0.05) is 36.4 Å². The van der Waals surface area contributed by atoms with Crippen molar-refractivity contribution in [1.82, 2.24) is 14.8 Å². The van der Waals surface area contributed by atoms with Gasteiger partial charge in [0.2, 0.25) is 17.7 Å². The monoisotopic (exact) mass is 417 g/mol. The number of piperidine rings is 1. The average molecular weight is 418 g/mol. The zero-order chi connectivity index (χ0) is 21.4. The van der Waals surface area contributed by atoms with E-state index in [4.69, 9.17) is 0 Å². The number of carbonyl (C=O) groups excluding carboxylic acids is 3. The molecule has 3 fully saturated rings. The number of hydrogen-bond donors (Lipinski definition) is 0. The zero-order valence-electron chi connectivity index (χ0n) is 17.6. The van der Waals surface area contributed by atoms with Crippen LogP contribution in [0, 0.1) is 5.92 Å². The number of nitrogens with zero attached hydrogens (tertiary/aromatic N) is 3. The smallest absolute Gasteiger partial charge is 0.240 e. The second-order valence-electron chi connectivity index (χ2n) is 9.10. The predicted octanol–water partition coefficient (Wildman–Crippen LogP) is 2.72. The number of rotatable bonds is 6. The third-order valence-electron chi connectivity index (χ3n) is 7.24. The van der Waals surface area contributed by atoms with Crippen molar-refractivity contribution in [2.24, 2.45) is 5.92 Å². The van der Waals surface area contributed by atoms with Crippen LogP contribution in [0.2, 0.25) is 0 Å². The lowest BCUT2D eigenvalue weighted by molar-refractivity contribution is -0.143. The van der Waals surface area contributed by atoms with Crippen molar-refractivity contribution in [2.75, 3.05) is 13.1 Å². The van der Waals surface area contributed by atoms with Crippen molar-refractivity contribution in [3.05, 3.63) is 66.0 Å². The Morgan fingerprint density at radius 1 is 1.06 bits per heavy atom. The van der Waals surface area contributed by atoms with Gasteiger partial charge in [0.05, 0.1) is 5.41 Å². The lowest BCUT2D eigenvalue weighted by Gasteiger charge is -2.32. The number of imide groups is 1. The van der Waals surface area contributed by atoms with Crippen LogP contribution < -0.4 is 0 Å². The first-order valence-electron chi connectivity index (χ1n) is 11.2. The summed E-state index contributed by atoms with van der Waals surface area (Å²) in [6.07, 6.45) is 5.64. The van der Waals surface area contributed by atoms with E-state index in [1.807, 2.05) is 53.4 Å². The number of aromatic nitrogens is 1. The number of fused-ring (bicyclic) bond motifs is 2. The summed E-state index contributed by atoms with van der Waals surface area (Å²) in [7, 11) is 0. The molecule has 1 aromatic carbocycles. The molecule has 1 saturated carbocycles. The highest BCUT2D eigenvalue weighted by Gasteiger charge is 2.54. The summed E-state index contributed by atoms with van der Waals surface area (Å²) in [4.78, 5) is 47.6. The van der Waals surface area contributed by atoms with Crippen LogP contribution in [0.4, 0.5) is 0 Å². The first-order valence-corrected chi connectivity index (χ1v) is 11.2. The molecular formula is C25H27N3O3. The Bertz CT molecular complexity index is 994. The maximum atomic E-state index is 13.7. The van der Waals surface area contributed by atoms with Gasteiger partial charge in [-0.2, -0.15) is 0 Å². The number of carbonyl (C=O) groups is 3. The Morgan fingerprint density at radius 3 is 2.55 bits per heavy atom. The standard InChI is InChI=1S/C25H27N3O3/c29-22-15-25(19-6-2-1-3-7-19,16-23(30)28-17-18-9-10-21(28)14-18)24(31)27(22)13-11-20-8-4-5-12-26-20/h1-8,12,18,21H,9-11,13-17H2/t18-,21-,25+/m0/s1. The van der Waals surface area contributed by atoms with E-state index in [-0.39, 0.29) is 37.1 Å². The molecule has 3 heterocycles. The molecule has 3 atom stereocenters. The maximum absolute atomic E-state index is 13.7. The number of likely N-dealkylation sites (tertiary alicyclic amines) is 2. The van der Waals surface area contributed by atoms with Crippen LogP contribution in [-0.2, 0) is 26.2 Å². The van der Waals surface area contributed by atoms with Crippen LogP contribution in [0.3, 0.4) is 0 Å². The molecule has 1 aromatic heterocycles. The van der Waals surface area contributed by atoms with Crippen LogP contribution >= 0.6 is 0 Å². The van der Waals surface area contributed by atoms with E-state index in [0.717, 1.165) is 30.6 Å². The first-order chi connectivity index (χ1) is 15.1. The molecule has 0 unspecified atom stereocenters. The molecule has 160 valence electrons. The van der Waals surface area contributed by atoms with Gasteiger partial charge in [0.25, 0.3) is 0 Å². The summed E-state index contributed by atoms with van der Waals surface area (Å²) in [5.74, 6) is 0.138. The van der Waals surface area contributed by atoms with Crippen molar-refractivity contribution in [3.8, 4) is 0 Å². The normalized spacial score (nSPS) is 27.4. The lowest BCUT2D eigenvalue weighted by Crippen LogP contribution is -2.45. The Hall–Kier alpha value is -3.02. The van der Waals surface area contributed by atoms with Crippen LogP contribution in [0.15, 0.2) is 54.7 Å². The van der Waals surface area contributed by atoms with Gasteiger partial charge >= 0.3 is 0 Å². The van der Waals surface area contributed by atoms with E-state index in [2.05, 4.69) is 4.98 Å². The number of amides is 3. The molecule has 31 heavy (non-hydrogen) atoms. The fourth-order valence-corrected chi connectivity index (χ4v) is 5.61. The SMILES string of the molecule is O=C1C[C@@](CC(=O)N2C[C@H]3CC[C@H]2C3)(c2ccccc2)C(=O)N1CCc1ccccn1. The molecule has 0 spiro atoms. The van der Waals surface area contributed by atoms with Crippen molar-refractivity contribution < 1.29 is 14.4 Å². The van der Waals surface area contributed by atoms with E-state index >= 15 is 0 Å². The maximum Gasteiger partial charge on any atom is 0.240 e. The van der Waals surface area contributed by atoms with Crippen LogP contribution in [0.1, 0.15) is 43.4 Å². The van der Waals surface area contributed by atoms with Crippen molar-refractivity contribution in [1.29, 1.82) is 0 Å². The second-order valence-corrected chi connectivity index (χ2v) is 9.10. The van der Waals surface area contributed by atoms with Gasteiger partial charge in [-0.25, -0.2) is 0 Å². The molecule has 3 aliphatic rings. The Labute approximate surface area is 182 Å². The molecule has 2 aliphatic heterocycles.